The molecule has 0 bridgehead atoms. The average Bonchev–Trinajstić information content (AvgIpc) is 3.21. The van der Waals surface area contributed by atoms with Crippen LogP contribution in [-0.2, 0) is 11.6 Å². The van der Waals surface area contributed by atoms with Gasteiger partial charge in [0.05, 0.1) is 24.8 Å². The monoisotopic (exact) mass is 553 g/mol. The van der Waals surface area contributed by atoms with E-state index in [4.69, 9.17) is 21.1 Å². The van der Waals surface area contributed by atoms with Gasteiger partial charge in [0.15, 0.2) is 11.5 Å². The second kappa shape index (κ2) is 10.8. The first-order valence-electron chi connectivity index (χ1n) is 12.8. The van der Waals surface area contributed by atoms with E-state index in [0.29, 0.717) is 11.5 Å². The molecular formula is C28H35ClF3N3O3. The number of halogens is 4. The lowest BCUT2D eigenvalue weighted by molar-refractivity contribution is -0.137. The van der Waals surface area contributed by atoms with Crippen molar-refractivity contribution >= 4 is 23.3 Å². The molecule has 1 aliphatic heterocycles. The number of nitrogens with zero attached hydrogens (tertiary/aromatic N) is 2. The van der Waals surface area contributed by atoms with Gasteiger partial charge in [0.1, 0.15) is 0 Å². The highest BCUT2D eigenvalue weighted by Gasteiger charge is 2.52. The number of benzene rings is 2. The van der Waals surface area contributed by atoms with E-state index in [9.17, 15) is 18.0 Å². The van der Waals surface area contributed by atoms with Crippen LogP contribution in [0.5, 0.6) is 11.5 Å². The Labute approximate surface area is 227 Å². The third-order valence-electron chi connectivity index (χ3n) is 8.17. The highest BCUT2D eigenvalue weighted by atomic mass is 35.5. The highest BCUT2D eigenvalue weighted by Crippen LogP contribution is 2.51. The van der Waals surface area contributed by atoms with Crippen LogP contribution in [0.1, 0.15) is 50.7 Å². The lowest BCUT2D eigenvalue weighted by Crippen LogP contribution is -2.55. The molecule has 1 heterocycles. The lowest BCUT2D eigenvalue weighted by atomic mass is 9.64. The van der Waals surface area contributed by atoms with Crippen molar-refractivity contribution in [2.75, 3.05) is 33.1 Å². The molecule has 4 rings (SSSR count). The summed E-state index contributed by atoms with van der Waals surface area (Å²) in [5.41, 5.74) is 0.204. The third-order valence-corrected chi connectivity index (χ3v) is 8.49. The first kappa shape index (κ1) is 28.4. The number of carbonyl (C=O) groups excluding carboxylic acids is 1. The van der Waals surface area contributed by atoms with Gasteiger partial charge >= 0.3 is 12.2 Å². The van der Waals surface area contributed by atoms with Crippen LogP contribution in [0.15, 0.2) is 36.4 Å². The van der Waals surface area contributed by atoms with Crippen LogP contribution in [0, 0.1) is 0 Å². The Morgan fingerprint density at radius 3 is 2.47 bits per heavy atom. The van der Waals surface area contributed by atoms with Crippen LogP contribution >= 0.6 is 11.6 Å². The lowest BCUT2D eigenvalue weighted by Gasteiger charge is -2.48. The van der Waals surface area contributed by atoms with E-state index in [1.54, 1.807) is 19.1 Å². The maximum Gasteiger partial charge on any atom is 0.417 e. The van der Waals surface area contributed by atoms with E-state index in [2.05, 4.69) is 29.4 Å². The number of carbonyl (C=O) groups is 1. The number of amides is 2. The van der Waals surface area contributed by atoms with Crippen molar-refractivity contribution in [1.29, 1.82) is 0 Å². The number of likely N-dealkylation sites (tertiary alicyclic amines) is 1. The average molecular weight is 554 g/mol. The molecule has 1 N–H and O–H groups in total. The second-order valence-corrected chi connectivity index (χ2v) is 10.9. The molecule has 6 nitrogen and oxygen atoms in total. The van der Waals surface area contributed by atoms with Crippen molar-refractivity contribution in [2.24, 2.45) is 0 Å². The maximum absolute atomic E-state index is 13.4. The first-order chi connectivity index (χ1) is 17.9. The first-order valence-corrected chi connectivity index (χ1v) is 13.2. The zero-order valence-electron chi connectivity index (χ0n) is 22.4. The van der Waals surface area contributed by atoms with Gasteiger partial charge in [-0.3, -0.25) is 0 Å². The fourth-order valence-corrected chi connectivity index (χ4v) is 6.55. The van der Waals surface area contributed by atoms with Crippen molar-refractivity contribution in [3.8, 4) is 11.5 Å². The molecule has 0 spiro atoms. The number of fused-ring (bicyclic) bond motifs is 1. The molecule has 10 heteroatoms. The van der Waals surface area contributed by atoms with Crippen LogP contribution in [0.4, 0.5) is 23.7 Å². The Morgan fingerprint density at radius 1 is 1.13 bits per heavy atom. The number of urea groups is 1. The number of anilines is 1. The van der Waals surface area contributed by atoms with Gasteiger partial charge in [-0.25, -0.2) is 4.79 Å². The van der Waals surface area contributed by atoms with Crippen molar-refractivity contribution in [3.63, 3.8) is 0 Å². The SMILES string of the molecule is COc1ccc(C23CCC(N(C(=O)Nc4ccc(Cl)c(C(F)(F)F)c4)C(C)C)CC2N(C)CC3)cc1OC. The number of likely N-dealkylation sites (N-methyl/N-ethyl adjacent to an activating group) is 1. The molecule has 1 aliphatic carbocycles. The van der Waals surface area contributed by atoms with Crippen LogP contribution < -0.4 is 14.8 Å². The molecule has 38 heavy (non-hydrogen) atoms. The maximum atomic E-state index is 13.4. The van der Waals surface area contributed by atoms with Crippen molar-refractivity contribution < 1.29 is 27.4 Å². The van der Waals surface area contributed by atoms with E-state index in [-0.39, 0.29) is 29.2 Å². The molecule has 0 aromatic heterocycles. The predicted molar refractivity (Wildman–Crippen MR) is 142 cm³/mol. The van der Waals surface area contributed by atoms with E-state index >= 15 is 0 Å². The summed E-state index contributed by atoms with van der Waals surface area (Å²) in [6.07, 6.45) is -1.21. The zero-order valence-corrected chi connectivity index (χ0v) is 23.1. The van der Waals surface area contributed by atoms with Gasteiger partial charge in [-0.1, -0.05) is 17.7 Å². The summed E-state index contributed by atoms with van der Waals surface area (Å²) in [7, 11) is 5.36. The minimum atomic E-state index is -4.61. The molecule has 0 radical (unpaired) electrons. The van der Waals surface area contributed by atoms with E-state index in [1.807, 2.05) is 19.9 Å². The van der Waals surface area contributed by atoms with E-state index < -0.39 is 22.8 Å². The van der Waals surface area contributed by atoms with Gasteiger partial charge in [0.2, 0.25) is 0 Å². The topological polar surface area (TPSA) is 54.0 Å². The zero-order chi connectivity index (χ0) is 27.8. The molecule has 2 aromatic carbocycles. The molecule has 1 saturated carbocycles. The summed E-state index contributed by atoms with van der Waals surface area (Å²) in [4.78, 5) is 17.6. The molecule has 3 atom stereocenters. The van der Waals surface area contributed by atoms with Crippen molar-refractivity contribution in [1.82, 2.24) is 9.80 Å². The molecule has 2 amide bonds. The van der Waals surface area contributed by atoms with Gasteiger partial charge in [-0.2, -0.15) is 13.2 Å². The van der Waals surface area contributed by atoms with Crippen molar-refractivity contribution in [3.05, 3.63) is 52.5 Å². The second-order valence-electron chi connectivity index (χ2n) is 10.5. The van der Waals surface area contributed by atoms with Crippen molar-refractivity contribution in [2.45, 2.75) is 69.2 Å². The number of methoxy groups -OCH3 is 2. The van der Waals surface area contributed by atoms with Crippen LogP contribution in [-0.4, -0.2) is 61.8 Å². The van der Waals surface area contributed by atoms with Crippen LogP contribution in [0.2, 0.25) is 5.02 Å². The summed E-state index contributed by atoms with van der Waals surface area (Å²) in [5, 5.41) is 2.28. The summed E-state index contributed by atoms with van der Waals surface area (Å²) in [6.45, 7) is 4.79. The van der Waals surface area contributed by atoms with E-state index in [1.165, 1.54) is 11.6 Å². The molecule has 208 valence electrons. The Bertz CT molecular complexity index is 1180. The van der Waals surface area contributed by atoms with Gasteiger partial charge in [0, 0.05) is 29.2 Å². The third kappa shape index (κ3) is 5.27. The summed E-state index contributed by atoms with van der Waals surface area (Å²) >= 11 is 5.75. The fraction of sp³-hybridized carbons (Fsp3) is 0.536. The summed E-state index contributed by atoms with van der Waals surface area (Å²) in [6, 6.07) is 9.12. The Morgan fingerprint density at radius 2 is 1.84 bits per heavy atom. The molecular weight excluding hydrogens is 519 g/mol. The number of hydrogen-bond acceptors (Lipinski definition) is 4. The molecule has 1 saturated heterocycles. The quantitative estimate of drug-likeness (QED) is 0.427. The Hall–Kier alpha value is -2.65. The van der Waals surface area contributed by atoms with E-state index in [0.717, 1.165) is 44.4 Å². The molecule has 2 fully saturated rings. The fourth-order valence-electron chi connectivity index (χ4n) is 6.33. The van der Waals surface area contributed by atoms with Crippen LogP contribution in [0.3, 0.4) is 0 Å². The minimum absolute atomic E-state index is 0.0610. The Balaban J connectivity index is 1.58. The smallest absolute Gasteiger partial charge is 0.417 e. The number of hydrogen-bond donors (Lipinski definition) is 1. The highest BCUT2D eigenvalue weighted by molar-refractivity contribution is 6.31. The molecule has 2 aromatic rings. The standard InChI is InChI=1S/C28H35ClF3N3O3/c1-17(2)35(26(36)33-19-7-8-22(29)21(15-19)28(30,31)32)20-10-11-27(12-13-34(3)25(27)16-20)18-6-9-23(37-4)24(14-18)38-5/h6-9,14-15,17,20,25H,10-13,16H2,1-5H3,(H,33,36). The van der Waals surface area contributed by atoms with Crippen LogP contribution in [0.25, 0.3) is 0 Å². The Kier molecular flexibility index (Phi) is 8.09. The van der Waals surface area contributed by atoms with Gasteiger partial charge < -0.3 is 24.6 Å². The number of rotatable bonds is 6. The number of nitrogens with one attached hydrogen (secondary N) is 1. The largest absolute Gasteiger partial charge is 0.493 e. The molecule has 3 unspecified atom stereocenters. The predicted octanol–water partition coefficient (Wildman–Crippen LogP) is 6.81. The normalized spacial score (nSPS) is 23.7. The number of ether oxygens (including phenoxy) is 2. The van der Waals surface area contributed by atoms with Gasteiger partial charge in [0.25, 0.3) is 0 Å². The number of alkyl halides is 3. The summed E-state index contributed by atoms with van der Waals surface area (Å²) in [5.74, 6) is 1.38. The van der Waals surface area contributed by atoms with Gasteiger partial charge in [-0.05, 0) is 89.0 Å². The minimum Gasteiger partial charge on any atom is -0.493 e. The summed E-state index contributed by atoms with van der Waals surface area (Å²) < 4.78 is 51.0. The molecule has 2 aliphatic rings. The van der Waals surface area contributed by atoms with Gasteiger partial charge in [-0.15, -0.1) is 0 Å².